The van der Waals surface area contributed by atoms with Crippen molar-refractivity contribution in [3.63, 3.8) is 0 Å². The second-order valence-electron chi connectivity index (χ2n) is 0.0714. The van der Waals surface area contributed by atoms with Gasteiger partial charge < -0.3 is 0 Å². The van der Waals surface area contributed by atoms with E-state index in [9.17, 15) is 0 Å². The van der Waals surface area contributed by atoms with E-state index in [-0.39, 0.29) is 7.43 Å². The quantitative estimate of drug-likeness (QED) is 0.588. The van der Waals surface area contributed by atoms with Crippen molar-refractivity contribution in [2.24, 2.45) is 0 Å². The Morgan fingerprint density at radius 3 is 1.25 bits per heavy atom. The SMILES string of the molecule is C.[Cl][Hf][Cl]. The van der Waals surface area contributed by atoms with Crippen LogP contribution in [0.1, 0.15) is 7.43 Å². The molecule has 0 radical (unpaired) electrons. The summed E-state index contributed by atoms with van der Waals surface area (Å²) in [6, 6.07) is 0. The van der Waals surface area contributed by atoms with Gasteiger partial charge in [-0.15, -0.1) is 0 Å². The van der Waals surface area contributed by atoms with Gasteiger partial charge in [0, 0.05) is 0 Å². The van der Waals surface area contributed by atoms with Gasteiger partial charge in [0.15, 0.2) is 0 Å². The molecule has 0 aliphatic heterocycles. The second-order valence-corrected chi connectivity index (χ2v) is 5.26. The van der Waals surface area contributed by atoms with E-state index < -0.39 is 20.5 Å². The third-order valence-electron chi connectivity index (χ3n) is 0. The molecule has 0 bridgehead atoms. The molecule has 0 aliphatic carbocycles. The average Bonchev–Trinajstić information content (AvgIpc) is 0.918. The van der Waals surface area contributed by atoms with Crippen molar-refractivity contribution in [2.45, 2.75) is 7.43 Å². The van der Waals surface area contributed by atoms with Gasteiger partial charge in [0.25, 0.3) is 0 Å². The van der Waals surface area contributed by atoms with Gasteiger partial charge in [-0.1, -0.05) is 7.43 Å². The van der Waals surface area contributed by atoms with Crippen LogP contribution in [-0.4, -0.2) is 0 Å². The van der Waals surface area contributed by atoms with E-state index >= 15 is 0 Å². The van der Waals surface area contributed by atoms with E-state index in [4.69, 9.17) is 17.2 Å². The summed E-state index contributed by atoms with van der Waals surface area (Å²) >= 11 is -0.972. The third kappa shape index (κ3) is 9.85. The standard InChI is InChI=1S/CH4.2ClH.Hf/h1H4;2*1H;/q;;;+2/p-2. The van der Waals surface area contributed by atoms with E-state index in [1.807, 2.05) is 0 Å². The van der Waals surface area contributed by atoms with E-state index in [2.05, 4.69) is 0 Å². The molecular formula is CH4Cl2Hf. The Hall–Kier alpha value is 1.45. The van der Waals surface area contributed by atoms with Crippen LogP contribution >= 0.6 is 17.2 Å². The molecule has 0 N–H and O–H groups in total. The van der Waals surface area contributed by atoms with E-state index in [1.165, 1.54) is 0 Å². The average molecular weight is 265 g/mol. The summed E-state index contributed by atoms with van der Waals surface area (Å²) in [6.45, 7) is 0. The second kappa shape index (κ2) is 8.82. The van der Waals surface area contributed by atoms with Crippen molar-refractivity contribution < 1.29 is 20.5 Å². The van der Waals surface area contributed by atoms with Gasteiger partial charge in [-0.05, 0) is 0 Å². The Bertz CT molecular complexity index is 6.00. The molecule has 0 amide bonds. The predicted octanol–water partition coefficient (Wildman–Crippen LogP) is 2.01. The van der Waals surface area contributed by atoms with Gasteiger partial charge >= 0.3 is 37.7 Å². The summed E-state index contributed by atoms with van der Waals surface area (Å²) in [4.78, 5) is 0. The first-order chi connectivity index (χ1) is 1.41. The molecule has 0 atom stereocenters. The van der Waals surface area contributed by atoms with Crippen molar-refractivity contribution in [1.29, 1.82) is 0 Å². The minimum atomic E-state index is -0.972. The molecule has 3 heteroatoms. The number of hydrogen-bond acceptors (Lipinski definition) is 0. The van der Waals surface area contributed by atoms with Crippen LogP contribution in [-0.2, 0) is 20.5 Å². The Labute approximate surface area is 45.0 Å². The maximum absolute atomic E-state index is 4.96. The molecule has 26 valence electrons. The van der Waals surface area contributed by atoms with E-state index in [0.717, 1.165) is 0 Å². The van der Waals surface area contributed by atoms with Crippen LogP contribution in [0.5, 0.6) is 0 Å². The topological polar surface area (TPSA) is 0 Å². The number of rotatable bonds is 0. The van der Waals surface area contributed by atoms with Gasteiger partial charge in [-0.25, -0.2) is 0 Å². The molecular weight excluding hydrogens is 261 g/mol. The molecule has 0 saturated heterocycles. The zero-order valence-corrected chi connectivity index (χ0v) is 6.36. The fourth-order valence-corrected chi connectivity index (χ4v) is 0. The third-order valence-corrected chi connectivity index (χ3v) is 0. The maximum atomic E-state index is 4.96. The zero-order valence-electron chi connectivity index (χ0n) is 1.26. The molecule has 0 nitrogen and oxygen atoms in total. The monoisotopic (exact) mass is 266 g/mol. The van der Waals surface area contributed by atoms with Crippen molar-refractivity contribution in [3.05, 3.63) is 0 Å². The van der Waals surface area contributed by atoms with Crippen LogP contribution in [0.15, 0.2) is 0 Å². The van der Waals surface area contributed by atoms with Crippen LogP contribution in [0.4, 0.5) is 0 Å². The summed E-state index contributed by atoms with van der Waals surface area (Å²) in [5.41, 5.74) is 0. The summed E-state index contributed by atoms with van der Waals surface area (Å²) in [5, 5.41) is 0. The first kappa shape index (κ1) is 9.07. The van der Waals surface area contributed by atoms with Crippen LogP contribution in [0.3, 0.4) is 0 Å². The Kier molecular flexibility index (Phi) is 20.0. The fourth-order valence-electron chi connectivity index (χ4n) is 0. The molecule has 0 heterocycles. The van der Waals surface area contributed by atoms with Crippen LogP contribution < -0.4 is 0 Å². The summed E-state index contributed by atoms with van der Waals surface area (Å²) in [5.74, 6) is 0. The van der Waals surface area contributed by atoms with E-state index in [1.54, 1.807) is 0 Å². The minimum absolute atomic E-state index is 0. The summed E-state index contributed by atoms with van der Waals surface area (Å²) in [6.07, 6.45) is 0. The number of halogens is 2. The molecule has 0 aromatic carbocycles. The van der Waals surface area contributed by atoms with E-state index in [0.29, 0.717) is 0 Å². The first-order valence-electron chi connectivity index (χ1n) is 0.378. The van der Waals surface area contributed by atoms with Gasteiger partial charge in [0.2, 0.25) is 0 Å². The van der Waals surface area contributed by atoms with Crippen LogP contribution in [0.25, 0.3) is 0 Å². The molecule has 0 aromatic heterocycles. The Morgan fingerprint density at radius 1 is 1.25 bits per heavy atom. The Morgan fingerprint density at radius 2 is 1.25 bits per heavy atom. The van der Waals surface area contributed by atoms with Crippen LogP contribution in [0.2, 0.25) is 0 Å². The summed E-state index contributed by atoms with van der Waals surface area (Å²) in [7, 11) is 9.92. The first-order valence-corrected chi connectivity index (χ1v) is 9.28. The van der Waals surface area contributed by atoms with Crippen molar-refractivity contribution in [1.82, 2.24) is 0 Å². The molecule has 0 aliphatic rings. The van der Waals surface area contributed by atoms with Gasteiger partial charge in [0.05, 0.1) is 0 Å². The predicted molar refractivity (Wildman–Crippen MR) is 18.4 cm³/mol. The molecule has 0 aromatic rings. The van der Waals surface area contributed by atoms with Crippen molar-refractivity contribution in [2.75, 3.05) is 0 Å². The zero-order chi connectivity index (χ0) is 2.71. The molecule has 0 fully saturated rings. The molecule has 0 rings (SSSR count). The van der Waals surface area contributed by atoms with Gasteiger partial charge in [0.1, 0.15) is 0 Å². The molecule has 0 spiro atoms. The van der Waals surface area contributed by atoms with Crippen molar-refractivity contribution >= 4 is 17.2 Å². The van der Waals surface area contributed by atoms with Crippen LogP contribution in [0, 0.1) is 0 Å². The normalized spacial score (nSPS) is 3.50. The number of hydrogen-bond donors (Lipinski definition) is 0. The fraction of sp³-hybridized carbons (Fsp3) is 1.00. The molecule has 0 unspecified atom stereocenters. The van der Waals surface area contributed by atoms with Gasteiger partial charge in [-0.2, -0.15) is 0 Å². The molecule has 4 heavy (non-hydrogen) atoms. The van der Waals surface area contributed by atoms with Gasteiger partial charge in [-0.3, -0.25) is 0 Å². The summed E-state index contributed by atoms with van der Waals surface area (Å²) < 4.78 is 0. The Balaban J connectivity index is 0. The molecule has 0 saturated carbocycles. The van der Waals surface area contributed by atoms with Crippen molar-refractivity contribution in [3.8, 4) is 0 Å².